The van der Waals surface area contributed by atoms with E-state index in [4.69, 9.17) is 4.42 Å². The highest BCUT2D eigenvalue weighted by Crippen LogP contribution is 2.08. The van der Waals surface area contributed by atoms with Crippen LogP contribution in [0.3, 0.4) is 0 Å². The van der Waals surface area contributed by atoms with E-state index >= 15 is 0 Å². The second kappa shape index (κ2) is 4.42. The maximum Gasteiger partial charge on any atom is 0.218 e. The smallest absolute Gasteiger partial charge is 0.218 e. The molecule has 0 radical (unpaired) electrons. The van der Waals surface area contributed by atoms with Gasteiger partial charge in [0.25, 0.3) is 0 Å². The molecule has 0 fully saturated rings. The number of nitrogens with zero attached hydrogens (tertiary/aromatic N) is 1. The number of rotatable bonds is 3. The summed E-state index contributed by atoms with van der Waals surface area (Å²) in [6.45, 7) is 3.58. The Morgan fingerprint density at radius 2 is 1.93 bits per heavy atom. The molecule has 2 rings (SSSR count). The summed E-state index contributed by atoms with van der Waals surface area (Å²) in [6, 6.07) is 10.1. The molecule has 0 aliphatic carbocycles. The predicted molar refractivity (Wildman–Crippen MR) is 62.0 cm³/mol. The lowest BCUT2D eigenvalue weighted by Crippen LogP contribution is -1.72. The van der Waals surface area contributed by atoms with Crippen molar-refractivity contribution in [1.82, 2.24) is 4.98 Å². The Morgan fingerprint density at radius 1 is 1.13 bits per heavy atom. The van der Waals surface area contributed by atoms with Crippen molar-refractivity contribution in [3.63, 3.8) is 0 Å². The largest absolute Gasteiger partial charge is 0.444 e. The van der Waals surface area contributed by atoms with Gasteiger partial charge in [0.05, 0.1) is 0 Å². The molecule has 0 unspecified atom stereocenters. The van der Waals surface area contributed by atoms with Crippen LogP contribution in [0.1, 0.15) is 17.1 Å². The zero-order chi connectivity index (χ0) is 10.5. The van der Waals surface area contributed by atoms with Crippen LogP contribution in [0.2, 0.25) is 0 Å². The SMILES string of the molecule is C=Cc1nc(/C=C/c2ccccc2)co1. The average Bonchev–Trinajstić information content (AvgIpc) is 2.76. The van der Waals surface area contributed by atoms with Crippen LogP contribution in [-0.4, -0.2) is 4.98 Å². The van der Waals surface area contributed by atoms with Gasteiger partial charge in [0.1, 0.15) is 12.0 Å². The first-order valence-electron chi connectivity index (χ1n) is 4.69. The lowest BCUT2D eigenvalue weighted by atomic mass is 10.2. The van der Waals surface area contributed by atoms with Crippen molar-refractivity contribution < 1.29 is 4.42 Å². The molecule has 1 aromatic carbocycles. The molecular formula is C13H11NO. The van der Waals surface area contributed by atoms with Crippen LogP contribution in [0.4, 0.5) is 0 Å². The van der Waals surface area contributed by atoms with Crippen molar-refractivity contribution >= 4 is 18.2 Å². The minimum atomic E-state index is 0.544. The van der Waals surface area contributed by atoms with Crippen LogP contribution in [0.25, 0.3) is 18.2 Å². The van der Waals surface area contributed by atoms with Gasteiger partial charge in [-0.05, 0) is 17.7 Å². The zero-order valence-corrected chi connectivity index (χ0v) is 8.26. The Kier molecular flexibility index (Phi) is 2.79. The summed E-state index contributed by atoms with van der Waals surface area (Å²) in [5.41, 5.74) is 1.94. The van der Waals surface area contributed by atoms with Crippen molar-refractivity contribution in [2.75, 3.05) is 0 Å². The fraction of sp³-hybridized carbons (Fsp3) is 0. The zero-order valence-electron chi connectivity index (χ0n) is 8.26. The summed E-state index contributed by atoms with van der Waals surface area (Å²) in [6.07, 6.45) is 7.09. The molecule has 74 valence electrons. The quantitative estimate of drug-likeness (QED) is 0.752. The normalized spacial score (nSPS) is 10.7. The van der Waals surface area contributed by atoms with Crippen LogP contribution in [0.15, 0.2) is 47.6 Å². The van der Waals surface area contributed by atoms with E-state index in [0.717, 1.165) is 11.3 Å². The Balaban J connectivity index is 2.15. The number of aromatic nitrogens is 1. The summed E-state index contributed by atoms with van der Waals surface area (Å²) >= 11 is 0. The topological polar surface area (TPSA) is 26.0 Å². The van der Waals surface area contributed by atoms with Gasteiger partial charge >= 0.3 is 0 Å². The van der Waals surface area contributed by atoms with Gasteiger partial charge in [0, 0.05) is 0 Å². The third-order valence-corrected chi connectivity index (χ3v) is 1.96. The fourth-order valence-electron chi connectivity index (χ4n) is 1.22. The Labute approximate surface area is 88.6 Å². The summed E-state index contributed by atoms with van der Waals surface area (Å²) in [4.78, 5) is 4.17. The first-order chi connectivity index (χ1) is 7.38. The van der Waals surface area contributed by atoms with Gasteiger partial charge in [-0.3, -0.25) is 0 Å². The molecule has 15 heavy (non-hydrogen) atoms. The van der Waals surface area contributed by atoms with E-state index in [1.165, 1.54) is 0 Å². The van der Waals surface area contributed by atoms with E-state index in [-0.39, 0.29) is 0 Å². The molecule has 0 aliphatic rings. The monoisotopic (exact) mass is 197 g/mol. The molecule has 0 aliphatic heterocycles. The second-order valence-electron chi connectivity index (χ2n) is 3.06. The van der Waals surface area contributed by atoms with Gasteiger partial charge in [0.2, 0.25) is 5.89 Å². The van der Waals surface area contributed by atoms with Gasteiger partial charge < -0.3 is 4.42 Å². The minimum Gasteiger partial charge on any atom is -0.444 e. The standard InChI is InChI=1S/C13H11NO/c1-2-13-14-12(10-15-13)9-8-11-6-4-3-5-7-11/h2-10H,1H2/b9-8+. The highest BCUT2D eigenvalue weighted by Gasteiger charge is 1.95. The van der Waals surface area contributed by atoms with Crippen LogP contribution < -0.4 is 0 Å². The lowest BCUT2D eigenvalue weighted by Gasteiger charge is -1.88. The molecule has 2 aromatic rings. The maximum absolute atomic E-state index is 5.12. The van der Waals surface area contributed by atoms with Gasteiger partial charge in [-0.2, -0.15) is 0 Å². The van der Waals surface area contributed by atoms with Crippen molar-refractivity contribution in [3.05, 3.63) is 60.3 Å². The molecule has 0 N–H and O–H groups in total. The Bertz CT molecular complexity index is 468. The molecule has 1 aromatic heterocycles. The van der Waals surface area contributed by atoms with E-state index in [1.807, 2.05) is 42.5 Å². The predicted octanol–water partition coefficient (Wildman–Crippen LogP) is 3.49. The van der Waals surface area contributed by atoms with E-state index in [0.29, 0.717) is 5.89 Å². The molecule has 1 heterocycles. The number of hydrogen-bond acceptors (Lipinski definition) is 2. The molecule has 2 nitrogen and oxygen atoms in total. The van der Waals surface area contributed by atoms with Crippen molar-refractivity contribution in [3.8, 4) is 0 Å². The van der Waals surface area contributed by atoms with E-state index < -0.39 is 0 Å². The summed E-state index contributed by atoms with van der Waals surface area (Å²) in [5, 5.41) is 0. The van der Waals surface area contributed by atoms with Gasteiger partial charge in [-0.1, -0.05) is 43.0 Å². The maximum atomic E-state index is 5.12. The number of oxazole rings is 1. The second-order valence-corrected chi connectivity index (χ2v) is 3.06. The number of hydrogen-bond donors (Lipinski definition) is 0. The highest BCUT2D eigenvalue weighted by atomic mass is 16.3. The summed E-state index contributed by atoms with van der Waals surface area (Å²) in [7, 11) is 0. The van der Waals surface area contributed by atoms with E-state index in [9.17, 15) is 0 Å². The van der Waals surface area contributed by atoms with Crippen LogP contribution in [-0.2, 0) is 0 Å². The van der Waals surface area contributed by atoms with Crippen molar-refractivity contribution in [2.24, 2.45) is 0 Å². The molecule has 0 saturated heterocycles. The molecular weight excluding hydrogens is 186 g/mol. The van der Waals surface area contributed by atoms with Crippen LogP contribution in [0, 0.1) is 0 Å². The fourth-order valence-corrected chi connectivity index (χ4v) is 1.22. The molecule has 0 saturated carbocycles. The van der Waals surface area contributed by atoms with E-state index in [2.05, 4.69) is 11.6 Å². The van der Waals surface area contributed by atoms with Crippen molar-refractivity contribution in [1.29, 1.82) is 0 Å². The lowest BCUT2D eigenvalue weighted by molar-refractivity contribution is 0.546. The molecule has 0 spiro atoms. The van der Waals surface area contributed by atoms with Crippen LogP contribution >= 0.6 is 0 Å². The van der Waals surface area contributed by atoms with Crippen molar-refractivity contribution in [2.45, 2.75) is 0 Å². The minimum absolute atomic E-state index is 0.544. The van der Waals surface area contributed by atoms with Crippen LogP contribution in [0.5, 0.6) is 0 Å². The molecule has 0 amide bonds. The summed E-state index contributed by atoms with van der Waals surface area (Å²) in [5.74, 6) is 0.544. The molecule has 0 atom stereocenters. The summed E-state index contributed by atoms with van der Waals surface area (Å²) < 4.78 is 5.12. The van der Waals surface area contributed by atoms with E-state index in [1.54, 1.807) is 12.3 Å². The third kappa shape index (κ3) is 2.44. The third-order valence-electron chi connectivity index (χ3n) is 1.96. The molecule has 2 heteroatoms. The average molecular weight is 197 g/mol. The van der Waals surface area contributed by atoms with Gasteiger partial charge in [-0.15, -0.1) is 0 Å². The first kappa shape index (κ1) is 9.46. The number of benzene rings is 1. The van der Waals surface area contributed by atoms with Gasteiger partial charge in [0.15, 0.2) is 0 Å². The Morgan fingerprint density at radius 3 is 2.60 bits per heavy atom. The first-order valence-corrected chi connectivity index (χ1v) is 4.69. The highest BCUT2D eigenvalue weighted by molar-refractivity contribution is 5.67. The Hall–Kier alpha value is -2.09. The van der Waals surface area contributed by atoms with Gasteiger partial charge in [-0.25, -0.2) is 4.98 Å². The molecule has 0 bridgehead atoms.